The molecule has 3 aromatic rings. The molecule has 0 saturated carbocycles. The second-order valence-electron chi connectivity index (χ2n) is 9.18. The number of hydrogen-bond donors (Lipinski definition) is 3. The number of benzene rings is 3. The molecule has 1 aliphatic rings. The van der Waals surface area contributed by atoms with Crippen LogP contribution in [0.4, 0.5) is 28.0 Å². The molecule has 1 aliphatic heterocycles. The van der Waals surface area contributed by atoms with E-state index in [1.165, 1.54) is 29.2 Å². The van der Waals surface area contributed by atoms with Crippen molar-refractivity contribution in [2.45, 2.75) is 38.0 Å². The van der Waals surface area contributed by atoms with Gasteiger partial charge in [0.2, 0.25) is 0 Å². The second kappa shape index (κ2) is 12.7. The van der Waals surface area contributed by atoms with Gasteiger partial charge >= 0.3 is 12.4 Å². The van der Waals surface area contributed by atoms with Crippen LogP contribution in [0.2, 0.25) is 0 Å². The average molecular weight is 562 g/mol. The fraction of sp³-hybridized carbons (Fsp3) is 0.286. The summed E-state index contributed by atoms with van der Waals surface area (Å²) in [5, 5.41) is 16.0. The van der Waals surface area contributed by atoms with Crippen molar-refractivity contribution in [3.63, 3.8) is 0 Å². The number of aliphatic hydroxyl groups is 1. The minimum atomic E-state index is -4.82. The summed E-state index contributed by atoms with van der Waals surface area (Å²) in [5.74, 6) is -0.693. The zero-order valence-corrected chi connectivity index (χ0v) is 21.2. The molecule has 0 bridgehead atoms. The zero-order valence-electron chi connectivity index (χ0n) is 21.2. The summed E-state index contributed by atoms with van der Waals surface area (Å²) < 4.78 is 59.6. The fourth-order valence-corrected chi connectivity index (χ4v) is 4.11. The van der Waals surface area contributed by atoms with Crippen LogP contribution < -0.4 is 20.1 Å². The molecular weight excluding hydrogens is 534 g/mol. The minimum Gasteiger partial charge on any atom is -0.489 e. The standard InChI is InChI=1S/C28H27F4N3O5/c29-20-7-3-18(4-8-20)17-39-22-11-5-19(6-12-22)26(37)34-24-16-35(15-1-2-25(24)36)27(38)33-21-9-13-23(14-10-21)40-28(30,31)32/h3-14,24-25,36H,1-2,15-17H2,(H,33,38)(H,34,37)/t24-,25-/m1/s1. The highest BCUT2D eigenvalue weighted by Crippen LogP contribution is 2.24. The van der Waals surface area contributed by atoms with Crippen LogP contribution in [0, 0.1) is 5.82 Å². The summed E-state index contributed by atoms with van der Waals surface area (Å²) in [6.45, 7) is 0.557. The Morgan fingerprint density at radius 2 is 1.60 bits per heavy atom. The van der Waals surface area contributed by atoms with E-state index in [-0.39, 0.29) is 24.7 Å². The van der Waals surface area contributed by atoms with Gasteiger partial charge in [-0.15, -0.1) is 13.2 Å². The van der Waals surface area contributed by atoms with E-state index in [9.17, 15) is 32.3 Å². The number of amides is 3. The van der Waals surface area contributed by atoms with Crippen LogP contribution in [0.1, 0.15) is 28.8 Å². The molecule has 3 N–H and O–H groups in total. The van der Waals surface area contributed by atoms with Gasteiger partial charge in [-0.2, -0.15) is 0 Å². The highest BCUT2D eigenvalue weighted by atomic mass is 19.4. The number of carbonyl (C=O) groups is 2. The highest BCUT2D eigenvalue weighted by molar-refractivity contribution is 5.94. The van der Waals surface area contributed by atoms with Crippen LogP contribution >= 0.6 is 0 Å². The quantitative estimate of drug-likeness (QED) is 0.349. The number of urea groups is 1. The smallest absolute Gasteiger partial charge is 0.489 e. The Labute approximate surface area is 227 Å². The van der Waals surface area contributed by atoms with Crippen molar-refractivity contribution >= 4 is 17.6 Å². The number of alkyl halides is 3. The molecule has 0 unspecified atom stereocenters. The van der Waals surface area contributed by atoms with Crippen molar-refractivity contribution in [3.05, 3.63) is 89.7 Å². The molecule has 12 heteroatoms. The van der Waals surface area contributed by atoms with E-state index in [0.717, 1.165) is 17.7 Å². The third-order valence-electron chi connectivity index (χ3n) is 6.19. The molecule has 212 valence electrons. The van der Waals surface area contributed by atoms with E-state index in [0.29, 0.717) is 30.7 Å². The van der Waals surface area contributed by atoms with Crippen molar-refractivity contribution in [2.24, 2.45) is 0 Å². The summed E-state index contributed by atoms with van der Waals surface area (Å²) in [6, 6.07) is 15.7. The summed E-state index contributed by atoms with van der Waals surface area (Å²) >= 11 is 0. The normalized spacial score (nSPS) is 17.5. The maximum atomic E-state index is 13.0. The van der Waals surface area contributed by atoms with Crippen LogP contribution in [0.3, 0.4) is 0 Å². The number of halogens is 4. The molecular formula is C28H27F4N3O5. The number of hydrogen-bond acceptors (Lipinski definition) is 5. The van der Waals surface area contributed by atoms with E-state index < -0.39 is 36.2 Å². The lowest BCUT2D eigenvalue weighted by Gasteiger charge is -2.27. The first-order chi connectivity index (χ1) is 19.1. The number of anilines is 1. The fourth-order valence-electron chi connectivity index (χ4n) is 4.11. The van der Waals surface area contributed by atoms with E-state index in [1.54, 1.807) is 36.4 Å². The van der Waals surface area contributed by atoms with Gasteiger partial charge in [0.05, 0.1) is 12.1 Å². The molecule has 1 fully saturated rings. The minimum absolute atomic E-state index is 0.0207. The number of carbonyl (C=O) groups excluding carboxylic acids is 2. The first-order valence-electron chi connectivity index (χ1n) is 12.4. The average Bonchev–Trinajstić information content (AvgIpc) is 3.10. The molecule has 0 aromatic heterocycles. The van der Waals surface area contributed by atoms with Crippen molar-refractivity contribution in [1.82, 2.24) is 10.2 Å². The molecule has 8 nitrogen and oxygen atoms in total. The Balaban J connectivity index is 1.32. The first kappa shape index (κ1) is 28.7. The summed E-state index contributed by atoms with van der Waals surface area (Å²) in [7, 11) is 0. The van der Waals surface area contributed by atoms with E-state index >= 15 is 0 Å². The largest absolute Gasteiger partial charge is 0.573 e. The molecule has 1 heterocycles. The van der Waals surface area contributed by atoms with Crippen LogP contribution in [0.15, 0.2) is 72.8 Å². The number of nitrogens with zero attached hydrogens (tertiary/aromatic N) is 1. The molecule has 1 saturated heterocycles. The third-order valence-corrected chi connectivity index (χ3v) is 6.19. The molecule has 3 amide bonds. The van der Waals surface area contributed by atoms with Gasteiger partial charge < -0.3 is 30.1 Å². The Hall–Kier alpha value is -4.32. The molecule has 4 rings (SSSR count). The predicted octanol–water partition coefficient (Wildman–Crippen LogP) is 5.09. The number of ether oxygens (including phenoxy) is 2. The van der Waals surface area contributed by atoms with Crippen LogP contribution in [-0.2, 0) is 6.61 Å². The van der Waals surface area contributed by atoms with Crippen molar-refractivity contribution < 1.29 is 41.7 Å². The van der Waals surface area contributed by atoms with Crippen LogP contribution in [0.5, 0.6) is 11.5 Å². The Morgan fingerprint density at radius 1 is 0.950 bits per heavy atom. The van der Waals surface area contributed by atoms with Gasteiger partial charge in [-0.25, -0.2) is 9.18 Å². The zero-order chi connectivity index (χ0) is 28.7. The van der Waals surface area contributed by atoms with E-state index in [1.807, 2.05) is 0 Å². The summed E-state index contributed by atoms with van der Waals surface area (Å²) in [5.41, 5.74) is 1.36. The summed E-state index contributed by atoms with van der Waals surface area (Å²) in [4.78, 5) is 27.1. The maximum Gasteiger partial charge on any atom is 0.573 e. The summed E-state index contributed by atoms with van der Waals surface area (Å²) in [6.07, 6.45) is -4.87. The Kier molecular flexibility index (Phi) is 9.10. The van der Waals surface area contributed by atoms with Gasteiger partial charge in [0.25, 0.3) is 5.91 Å². The Morgan fingerprint density at radius 3 is 2.25 bits per heavy atom. The third kappa shape index (κ3) is 8.34. The van der Waals surface area contributed by atoms with Crippen molar-refractivity contribution in [1.29, 1.82) is 0 Å². The van der Waals surface area contributed by atoms with Gasteiger partial charge in [-0.05, 0) is 79.1 Å². The Bertz CT molecular complexity index is 1290. The molecule has 3 aromatic carbocycles. The van der Waals surface area contributed by atoms with Crippen molar-refractivity contribution in [3.8, 4) is 11.5 Å². The molecule has 40 heavy (non-hydrogen) atoms. The maximum absolute atomic E-state index is 13.0. The molecule has 2 atom stereocenters. The lowest BCUT2D eigenvalue weighted by molar-refractivity contribution is -0.274. The first-order valence-corrected chi connectivity index (χ1v) is 12.4. The predicted molar refractivity (Wildman–Crippen MR) is 137 cm³/mol. The lowest BCUT2D eigenvalue weighted by atomic mass is 10.1. The van der Waals surface area contributed by atoms with Crippen LogP contribution in [-0.4, -0.2) is 53.5 Å². The van der Waals surface area contributed by atoms with Gasteiger partial charge in [-0.3, -0.25) is 4.79 Å². The lowest BCUT2D eigenvalue weighted by Crippen LogP contribution is -2.50. The van der Waals surface area contributed by atoms with Gasteiger partial charge in [0.15, 0.2) is 0 Å². The molecule has 0 spiro atoms. The number of aliphatic hydroxyl groups excluding tert-OH is 1. The van der Waals surface area contributed by atoms with Gasteiger partial charge in [0, 0.05) is 24.3 Å². The highest BCUT2D eigenvalue weighted by Gasteiger charge is 2.31. The van der Waals surface area contributed by atoms with E-state index in [4.69, 9.17) is 4.74 Å². The number of nitrogens with one attached hydrogen (secondary N) is 2. The molecule has 0 radical (unpaired) electrons. The number of rotatable bonds is 7. The van der Waals surface area contributed by atoms with Gasteiger partial charge in [-0.1, -0.05) is 12.1 Å². The van der Waals surface area contributed by atoms with Crippen LogP contribution in [0.25, 0.3) is 0 Å². The second-order valence-corrected chi connectivity index (χ2v) is 9.18. The number of likely N-dealkylation sites (tertiary alicyclic amines) is 1. The SMILES string of the molecule is O=C(N[C@@H]1CN(C(=O)Nc2ccc(OC(F)(F)F)cc2)CCC[C@H]1O)c1ccc(OCc2ccc(F)cc2)cc1. The van der Waals surface area contributed by atoms with E-state index in [2.05, 4.69) is 15.4 Å². The monoisotopic (exact) mass is 561 g/mol. The topological polar surface area (TPSA) is 100 Å². The molecule has 0 aliphatic carbocycles. The van der Waals surface area contributed by atoms with Crippen molar-refractivity contribution in [2.75, 3.05) is 18.4 Å². The van der Waals surface area contributed by atoms with Gasteiger partial charge in [0.1, 0.15) is 23.9 Å².